The van der Waals surface area contributed by atoms with Gasteiger partial charge in [0.2, 0.25) is 0 Å². The van der Waals surface area contributed by atoms with Gasteiger partial charge in [-0.2, -0.15) is 0 Å². The summed E-state index contributed by atoms with van der Waals surface area (Å²) in [4.78, 5) is 35.5. The van der Waals surface area contributed by atoms with Crippen LogP contribution >= 0.6 is 0 Å². The maximum Gasteiger partial charge on any atom is 0.343 e. The summed E-state index contributed by atoms with van der Waals surface area (Å²) >= 11 is 0. The van der Waals surface area contributed by atoms with Gasteiger partial charge in [0.05, 0.1) is 26.4 Å². The minimum absolute atomic E-state index is 0.219. The van der Waals surface area contributed by atoms with Crippen molar-refractivity contribution in [1.82, 2.24) is 9.97 Å². The molecule has 1 aromatic carbocycles. The van der Waals surface area contributed by atoms with Crippen LogP contribution < -0.4 is 9.64 Å². The molecule has 1 saturated heterocycles. The number of aromatic nitrogens is 2. The summed E-state index contributed by atoms with van der Waals surface area (Å²) < 4.78 is 15.5. The quantitative estimate of drug-likeness (QED) is 0.701. The molecule has 0 saturated carbocycles. The maximum atomic E-state index is 12.5. The third-order valence-electron chi connectivity index (χ3n) is 4.61. The van der Waals surface area contributed by atoms with Crippen LogP contribution in [0.3, 0.4) is 0 Å². The Hall–Kier alpha value is -3.16. The molecule has 8 nitrogen and oxygen atoms in total. The fourth-order valence-corrected chi connectivity index (χ4v) is 3.31. The van der Waals surface area contributed by atoms with Crippen molar-refractivity contribution in [2.24, 2.45) is 0 Å². The average Bonchev–Trinajstić information content (AvgIpc) is 3.22. The van der Waals surface area contributed by atoms with E-state index in [4.69, 9.17) is 14.2 Å². The number of nitrogens with zero attached hydrogens (tertiary/aromatic N) is 3. The van der Waals surface area contributed by atoms with Crippen molar-refractivity contribution in [2.45, 2.75) is 25.8 Å². The number of carbonyl (C=O) groups excluding carboxylic acids is 2. The number of benzene rings is 1. The predicted molar refractivity (Wildman–Crippen MR) is 102 cm³/mol. The second kappa shape index (κ2) is 8.69. The van der Waals surface area contributed by atoms with Gasteiger partial charge in [-0.05, 0) is 31.9 Å². The van der Waals surface area contributed by atoms with Gasteiger partial charge in [0.15, 0.2) is 5.82 Å². The smallest absolute Gasteiger partial charge is 0.343 e. The number of carbonyl (C=O) groups is 2. The van der Waals surface area contributed by atoms with Crippen LogP contribution in [0.4, 0.5) is 5.82 Å². The van der Waals surface area contributed by atoms with E-state index >= 15 is 0 Å². The first kappa shape index (κ1) is 19.6. The number of methoxy groups -OCH3 is 2. The number of para-hydroxylation sites is 1. The van der Waals surface area contributed by atoms with Crippen LogP contribution in [0.5, 0.6) is 5.75 Å². The summed E-state index contributed by atoms with van der Waals surface area (Å²) in [6.45, 7) is 2.54. The standard InChI is InChI=1S/C20H23N3O5/c1-4-28-19(24)14-12-21-17(13-8-5-6-10-16(13)26-2)22-18(14)23-11-7-9-15(23)20(25)27-3/h5-6,8,10,12,15H,4,7,9,11H2,1-3H3/t15-/m0/s1. The molecule has 0 aliphatic carbocycles. The molecule has 1 atom stereocenters. The molecule has 0 unspecified atom stereocenters. The topological polar surface area (TPSA) is 90.9 Å². The molecule has 2 heterocycles. The maximum absolute atomic E-state index is 12.5. The van der Waals surface area contributed by atoms with E-state index < -0.39 is 12.0 Å². The van der Waals surface area contributed by atoms with Crippen LogP contribution in [0.2, 0.25) is 0 Å². The van der Waals surface area contributed by atoms with Gasteiger partial charge >= 0.3 is 11.9 Å². The van der Waals surface area contributed by atoms with Gasteiger partial charge in [-0.3, -0.25) is 0 Å². The third kappa shape index (κ3) is 3.76. The molecular formula is C20H23N3O5. The highest BCUT2D eigenvalue weighted by molar-refractivity contribution is 5.96. The highest BCUT2D eigenvalue weighted by Crippen LogP contribution is 2.32. The zero-order chi connectivity index (χ0) is 20.1. The Labute approximate surface area is 163 Å². The summed E-state index contributed by atoms with van der Waals surface area (Å²) in [6.07, 6.45) is 2.85. The second-order valence-corrected chi connectivity index (χ2v) is 6.23. The van der Waals surface area contributed by atoms with E-state index in [1.165, 1.54) is 13.3 Å². The van der Waals surface area contributed by atoms with Crippen molar-refractivity contribution in [3.05, 3.63) is 36.0 Å². The van der Waals surface area contributed by atoms with E-state index in [2.05, 4.69) is 9.97 Å². The van der Waals surface area contributed by atoms with Crippen molar-refractivity contribution in [3.63, 3.8) is 0 Å². The Morgan fingerprint density at radius 2 is 2.04 bits per heavy atom. The normalized spacial score (nSPS) is 16.0. The molecule has 0 amide bonds. The predicted octanol–water partition coefficient (Wildman–Crippen LogP) is 2.47. The van der Waals surface area contributed by atoms with Gasteiger partial charge in [-0.25, -0.2) is 19.6 Å². The largest absolute Gasteiger partial charge is 0.496 e. The molecule has 28 heavy (non-hydrogen) atoms. The first-order valence-corrected chi connectivity index (χ1v) is 9.12. The van der Waals surface area contributed by atoms with Crippen molar-refractivity contribution in [2.75, 3.05) is 32.3 Å². The number of esters is 2. The lowest BCUT2D eigenvalue weighted by Gasteiger charge is -2.25. The Bertz CT molecular complexity index is 871. The number of hydrogen-bond donors (Lipinski definition) is 0. The molecule has 2 aromatic rings. The molecule has 1 aliphatic rings. The molecular weight excluding hydrogens is 362 g/mol. The zero-order valence-electron chi connectivity index (χ0n) is 16.2. The van der Waals surface area contributed by atoms with Crippen molar-refractivity contribution < 1.29 is 23.8 Å². The van der Waals surface area contributed by atoms with Gasteiger partial charge in [-0.1, -0.05) is 12.1 Å². The third-order valence-corrected chi connectivity index (χ3v) is 4.61. The summed E-state index contributed by atoms with van der Waals surface area (Å²) in [5.41, 5.74) is 0.909. The van der Waals surface area contributed by atoms with Gasteiger partial charge in [-0.15, -0.1) is 0 Å². The molecule has 0 spiro atoms. The van der Waals surface area contributed by atoms with E-state index in [0.29, 0.717) is 35.9 Å². The molecule has 1 aromatic heterocycles. The van der Waals surface area contributed by atoms with E-state index in [0.717, 1.165) is 6.42 Å². The van der Waals surface area contributed by atoms with E-state index in [1.54, 1.807) is 18.9 Å². The molecule has 148 valence electrons. The van der Waals surface area contributed by atoms with Crippen LogP contribution in [-0.2, 0) is 14.3 Å². The van der Waals surface area contributed by atoms with Crippen LogP contribution in [0.15, 0.2) is 30.5 Å². The fraction of sp³-hybridized carbons (Fsp3) is 0.400. The first-order valence-electron chi connectivity index (χ1n) is 9.12. The van der Waals surface area contributed by atoms with Crippen LogP contribution in [0.25, 0.3) is 11.4 Å². The molecule has 0 bridgehead atoms. The van der Waals surface area contributed by atoms with Crippen LogP contribution in [0, 0.1) is 0 Å². The fourth-order valence-electron chi connectivity index (χ4n) is 3.31. The molecule has 1 fully saturated rings. The number of anilines is 1. The zero-order valence-corrected chi connectivity index (χ0v) is 16.2. The highest BCUT2D eigenvalue weighted by atomic mass is 16.5. The summed E-state index contributed by atoms with van der Waals surface area (Å²) in [7, 11) is 2.92. The van der Waals surface area contributed by atoms with E-state index in [-0.39, 0.29) is 18.1 Å². The second-order valence-electron chi connectivity index (χ2n) is 6.23. The van der Waals surface area contributed by atoms with Gasteiger partial charge < -0.3 is 19.1 Å². The lowest BCUT2D eigenvalue weighted by molar-refractivity contribution is -0.141. The minimum Gasteiger partial charge on any atom is -0.496 e. The molecule has 3 rings (SSSR count). The van der Waals surface area contributed by atoms with E-state index in [1.807, 2.05) is 24.3 Å². The Balaban J connectivity index is 2.11. The lowest BCUT2D eigenvalue weighted by atomic mass is 10.1. The summed E-state index contributed by atoms with van der Waals surface area (Å²) in [6, 6.07) is 6.85. The minimum atomic E-state index is -0.528. The Morgan fingerprint density at radius 3 is 2.75 bits per heavy atom. The van der Waals surface area contributed by atoms with Crippen LogP contribution in [0.1, 0.15) is 30.1 Å². The van der Waals surface area contributed by atoms with Gasteiger partial charge in [0, 0.05) is 12.7 Å². The summed E-state index contributed by atoms with van der Waals surface area (Å²) in [5.74, 6) is 0.492. The van der Waals surface area contributed by atoms with Crippen molar-refractivity contribution in [3.8, 4) is 17.1 Å². The van der Waals surface area contributed by atoms with Crippen molar-refractivity contribution in [1.29, 1.82) is 0 Å². The van der Waals surface area contributed by atoms with Gasteiger partial charge in [0.1, 0.15) is 23.2 Å². The summed E-state index contributed by atoms with van der Waals surface area (Å²) in [5, 5.41) is 0. The number of ether oxygens (including phenoxy) is 3. The lowest BCUT2D eigenvalue weighted by Crippen LogP contribution is -2.38. The van der Waals surface area contributed by atoms with Crippen molar-refractivity contribution >= 4 is 17.8 Å². The molecule has 1 aliphatic heterocycles. The van der Waals surface area contributed by atoms with Crippen LogP contribution in [-0.4, -0.2) is 55.3 Å². The monoisotopic (exact) mass is 385 g/mol. The Morgan fingerprint density at radius 1 is 1.25 bits per heavy atom. The number of hydrogen-bond acceptors (Lipinski definition) is 8. The number of rotatable bonds is 6. The first-order chi connectivity index (χ1) is 13.6. The molecule has 8 heteroatoms. The SMILES string of the molecule is CCOC(=O)c1cnc(-c2ccccc2OC)nc1N1CCC[C@H]1C(=O)OC. The molecule has 0 radical (unpaired) electrons. The average molecular weight is 385 g/mol. The Kier molecular flexibility index (Phi) is 6.08. The highest BCUT2D eigenvalue weighted by Gasteiger charge is 2.35. The van der Waals surface area contributed by atoms with E-state index in [9.17, 15) is 9.59 Å². The molecule has 0 N–H and O–H groups in total. The van der Waals surface area contributed by atoms with Gasteiger partial charge in [0.25, 0.3) is 0 Å².